The van der Waals surface area contributed by atoms with Crippen molar-refractivity contribution in [2.45, 2.75) is 58.7 Å². The first-order chi connectivity index (χ1) is 8.21. The zero-order valence-corrected chi connectivity index (χ0v) is 11.7. The highest BCUT2D eigenvalue weighted by Crippen LogP contribution is 2.56. The topological polar surface area (TPSA) is 57.5 Å². The predicted octanol–water partition coefficient (Wildman–Crippen LogP) is 2.07. The van der Waals surface area contributed by atoms with Gasteiger partial charge in [0.1, 0.15) is 0 Å². The van der Waals surface area contributed by atoms with E-state index in [0.29, 0.717) is 19.3 Å². The Labute approximate surface area is 109 Å². The van der Waals surface area contributed by atoms with Gasteiger partial charge in [0.15, 0.2) is 5.78 Å². The van der Waals surface area contributed by atoms with E-state index in [4.69, 9.17) is 0 Å². The van der Waals surface area contributed by atoms with Gasteiger partial charge in [-0.15, -0.1) is 0 Å². The molecule has 0 saturated heterocycles. The third-order valence-corrected chi connectivity index (χ3v) is 5.13. The summed E-state index contributed by atoms with van der Waals surface area (Å²) < 4.78 is 0. The van der Waals surface area contributed by atoms with Crippen molar-refractivity contribution >= 4 is 5.78 Å². The van der Waals surface area contributed by atoms with Crippen molar-refractivity contribution in [3.63, 3.8) is 0 Å². The minimum Gasteiger partial charge on any atom is -0.392 e. The van der Waals surface area contributed by atoms with E-state index in [1.54, 1.807) is 6.08 Å². The van der Waals surface area contributed by atoms with E-state index in [1.807, 2.05) is 27.7 Å². The Balaban J connectivity index is 2.49. The number of aliphatic hydroxyl groups is 2. The molecule has 3 nitrogen and oxygen atoms in total. The fraction of sp³-hybridized carbons (Fsp3) is 0.800. The monoisotopic (exact) mass is 252 g/mol. The molecule has 2 N–H and O–H groups in total. The molecular formula is C15H24O3. The van der Waals surface area contributed by atoms with Gasteiger partial charge in [-0.1, -0.05) is 26.3 Å². The summed E-state index contributed by atoms with van der Waals surface area (Å²) >= 11 is 0. The Kier molecular flexibility index (Phi) is 3.19. The van der Waals surface area contributed by atoms with Crippen LogP contribution in [0, 0.1) is 17.3 Å². The van der Waals surface area contributed by atoms with Crippen LogP contribution in [0.15, 0.2) is 11.6 Å². The maximum Gasteiger partial charge on any atom is 0.161 e. The lowest BCUT2D eigenvalue weighted by molar-refractivity contribution is -0.139. The summed E-state index contributed by atoms with van der Waals surface area (Å²) in [6, 6.07) is 0. The van der Waals surface area contributed by atoms with Gasteiger partial charge in [-0.2, -0.15) is 0 Å². The van der Waals surface area contributed by atoms with Crippen LogP contribution in [0.5, 0.6) is 0 Å². The zero-order valence-electron chi connectivity index (χ0n) is 11.7. The number of ketones is 1. The number of carbonyl (C=O) groups is 1. The van der Waals surface area contributed by atoms with Crippen LogP contribution in [-0.2, 0) is 4.79 Å². The molecule has 1 fully saturated rings. The van der Waals surface area contributed by atoms with Gasteiger partial charge in [0, 0.05) is 11.3 Å². The van der Waals surface area contributed by atoms with E-state index in [-0.39, 0.29) is 17.6 Å². The van der Waals surface area contributed by atoms with Crippen molar-refractivity contribution in [1.82, 2.24) is 0 Å². The van der Waals surface area contributed by atoms with Gasteiger partial charge in [-0.25, -0.2) is 0 Å². The number of rotatable bonds is 1. The molecule has 102 valence electrons. The zero-order chi connectivity index (χ0) is 13.7. The van der Waals surface area contributed by atoms with Crippen LogP contribution < -0.4 is 0 Å². The highest BCUT2D eigenvalue weighted by molar-refractivity contribution is 5.96. The van der Waals surface area contributed by atoms with Gasteiger partial charge >= 0.3 is 0 Å². The minimum atomic E-state index is -0.928. The SMILES string of the molecule is CC1=CC(=O)[C@]2(C)CC[C@](O)(C(C)C)[C@@H]2[C@@H](O)C1. The molecule has 0 radical (unpaired) electrons. The molecule has 0 aliphatic heterocycles. The summed E-state index contributed by atoms with van der Waals surface area (Å²) in [5, 5.41) is 21.3. The van der Waals surface area contributed by atoms with Crippen LogP contribution in [0.25, 0.3) is 0 Å². The Morgan fingerprint density at radius 2 is 2.00 bits per heavy atom. The van der Waals surface area contributed by atoms with E-state index < -0.39 is 17.1 Å². The van der Waals surface area contributed by atoms with Crippen LogP contribution in [0.4, 0.5) is 0 Å². The molecule has 2 aliphatic rings. The molecule has 0 aromatic carbocycles. The minimum absolute atomic E-state index is 0.0465. The fourth-order valence-electron chi connectivity index (χ4n) is 3.90. The summed E-state index contributed by atoms with van der Waals surface area (Å²) in [4.78, 5) is 12.4. The molecule has 0 aromatic rings. The van der Waals surface area contributed by atoms with Crippen LogP contribution >= 0.6 is 0 Å². The molecule has 2 aliphatic carbocycles. The number of fused-ring (bicyclic) bond motifs is 1. The van der Waals surface area contributed by atoms with E-state index in [0.717, 1.165) is 5.57 Å². The van der Waals surface area contributed by atoms with Crippen molar-refractivity contribution in [3.05, 3.63) is 11.6 Å². The van der Waals surface area contributed by atoms with E-state index in [1.165, 1.54) is 0 Å². The van der Waals surface area contributed by atoms with Crippen molar-refractivity contribution in [2.24, 2.45) is 17.3 Å². The number of hydrogen-bond donors (Lipinski definition) is 2. The molecule has 2 rings (SSSR count). The second-order valence-electron chi connectivity index (χ2n) is 6.67. The standard InChI is InChI=1S/C15H24O3/c1-9(2)15(18)6-5-14(4)12(17)8-10(3)7-11(16)13(14)15/h8-9,11,13,16,18H,5-7H2,1-4H3/t11-,13+,14-,15-/m0/s1. The van der Waals surface area contributed by atoms with Gasteiger partial charge in [-0.3, -0.25) is 4.79 Å². The maximum absolute atomic E-state index is 12.4. The van der Waals surface area contributed by atoms with Gasteiger partial charge < -0.3 is 10.2 Å². The van der Waals surface area contributed by atoms with Gasteiger partial charge in [0.2, 0.25) is 0 Å². The van der Waals surface area contributed by atoms with Crippen molar-refractivity contribution < 1.29 is 15.0 Å². The summed E-state index contributed by atoms with van der Waals surface area (Å²) in [7, 11) is 0. The molecule has 0 amide bonds. The lowest BCUT2D eigenvalue weighted by Gasteiger charge is -2.41. The Morgan fingerprint density at radius 1 is 1.39 bits per heavy atom. The van der Waals surface area contributed by atoms with Crippen LogP contribution in [0.1, 0.15) is 47.0 Å². The molecule has 0 aromatic heterocycles. The van der Waals surface area contributed by atoms with Crippen molar-refractivity contribution in [2.75, 3.05) is 0 Å². The van der Waals surface area contributed by atoms with Crippen molar-refractivity contribution in [3.8, 4) is 0 Å². The van der Waals surface area contributed by atoms with Crippen LogP contribution in [0.3, 0.4) is 0 Å². The van der Waals surface area contributed by atoms with E-state index in [9.17, 15) is 15.0 Å². The molecule has 0 heterocycles. The largest absolute Gasteiger partial charge is 0.392 e. The average molecular weight is 252 g/mol. The smallest absolute Gasteiger partial charge is 0.161 e. The summed E-state index contributed by atoms with van der Waals surface area (Å²) in [6.07, 6.45) is 2.77. The molecular weight excluding hydrogens is 228 g/mol. The lowest BCUT2D eigenvalue weighted by Crippen LogP contribution is -2.50. The number of allylic oxidation sites excluding steroid dienone is 1. The Bertz CT molecular complexity index is 399. The number of aliphatic hydroxyl groups excluding tert-OH is 1. The Morgan fingerprint density at radius 3 is 2.56 bits per heavy atom. The second kappa shape index (κ2) is 4.17. The first-order valence-electron chi connectivity index (χ1n) is 6.84. The maximum atomic E-state index is 12.4. The van der Waals surface area contributed by atoms with Crippen LogP contribution in [-0.4, -0.2) is 27.7 Å². The normalized spacial score (nSPS) is 44.8. The van der Waals surface area contributed by atoms with Gasteiger partial charge in [-0.05, 0) is 38.2 Å². The second-order valence-corrected chi connectivity index (χ2v) is 6.67. The third-order valence-electron chi connectivity index (χ3n) is 5.13. The fourth-order valence-corrected chi connectivity index (χ4v) is 3.90. The molecule has 0 unspecified atom stereocenters. The lowest BCUT2D eigenvalue weighted by atomic mass is 9.67. The first-order valence-corrected chi connectivity index (χ1v) is 6.84. The molecule has 18 heavy (non-hydrogen) atoms. The summed E-state index contributed by atoms with van der Waals surface area (Å²) in [5.74, 6) is -0.241. The van der Waals surface area contributed by atoms with E-state index in [2.05, 4.69) is 0 Å². The highest BCUT2D eigenvalue weighted by Gasteiger charge is 2.60. The number of carbonyl (C=O) groups excluding carboxylic acids is 1. The first kappa shape index (κ1) is 13.8. The highest BCUT2D eigenvalue weighted by atomic mass is 16.3. The van der Waals surface area contributed by atoms with Crippen LogP contribution in [0.2, 0.25) is 0 Å². The Hall–Kier alpha value is -0.670. The average Bonchev–Trinajstić information content (AvgIpc) is 2.48. The third kappa shape index (κ3) is 1.76. The molecule has 0 spiro atoms. The molecule has 0 bridgehead atoms. The summed E-state index contributed by atoms with van der Waals surface area (Å²) in [6.45, 7) is 7.71. The molecule has 3 heteroatoms. The molecule has 1 saturated carbocycles. The number of hydrogen-bond acceptors (Lipinski definition) is 3. The van der Waals surface area contributed by atoms with Gasteiger partial charge in [0.05, 0.1) is 11.7 Å². The quantitative estimate of drug-likeness (QED) is 0.751. The van der Waals surface area contributed by atoms with E-state index >= 15 is 0 Å². The van der Waals surface area contributed by atoms with Gasteiger partial charge in [0.25, 0.3) is 0 Å². The van der Waals surface area contributed by atoms with Crippen molar-refractivity contribution in [1.29, 1.82) is 0 Å². The predicted molar refractivity (Wildman–Crippen MR) is 70.0 cm³/mol. The summed E-state index contributed by atoms with van der Waals surface area (Å²) in [5.41, 5.74) is -0.632. The molecule has 4 atom stereocenters.